The first kappa shape index (κ1) is 16.6. The van der Waals surface area contributed by atoms with E-state index < -0.39 is 18.0 Å². The van der Waals surface area contributed by atoms with E-state index in [1.807, 2.05) is 0 Å². The second kappa shape index (κ2) is 6.33. The quantitative estimate of drug-likeness (QED) is 0.895. The molecule has 1 aromatic heterocycles. The monoisotopic (exact) mass is 331 g/mol. The molecule has 0 saturated carbocycles. The summed E-state index contributed by atoms with van der Waals surface area (Å²) < 4.78 is 43.9. The number of aryl methyl sites for hydroxylation is 1. The smallest absolute Gasteiger partial charge is 0.389 e. The van der Waals surface area contributed by atoms with Gasteiger partial charge in [0, 0.05) is 11.6 Å². The Morgan fingerprint density at radius 3 is 2.48 bits per heavy atom. The molecule has 0 aliphatic carbocycles. The first-order valence-corrected chi connectivity index (χ1v) is 7.77. The molecule has 2 aliphatic rings. The molecule has 8 heteroatoms. The zero-order chi connectivity index (χ0) is 16.6. The summed E-state index contributed by atoms with van der Waals surface area (Å²) in [5.41, 5.74) is -0.536. The van der Waals surface area contributed by atoms with Gasteiger partial charge in [-0.05, 0) is 38.9 Å². The highest BCUT2D eigenvalue weighted by molar-refractivity contribution is 5.15. The lowest BCUT2D eigenvalue weighted by Gasteiger charge is -2.36. The molecule has 2 fully saturated rings. The molecule has 0 amide bonds. The fraction of sp³-hybridized carbons (Fsp3) is 0.733. The van der Waals surface area contributed by atoms with Crippen molar-refractivity contribution in [2.24, 2.45) is 0 Å². The number of aliphatic hydroxyl groups is 1. The molecular weight excluding hydrogens is 311 g/mol. The van der Waals surface area contributed by atoms with Gasteiger partial charge in [-0.15, -0.1) is 0 Å². The molecule has 1 N–H and O–H groups in total. The average Bonchev–Trinajstić information content (AvgIpc) is 2.92. The molecule has 2 saturated heterocycles. The first-order chi connectivity index (χ1) is 10.8. The molecule has 2 atom stereocenters. The van der Waals surface area contributed by atoms with Gasteiger partial charge in [0.1, 0.15) is 11.5 Å². The van der Waals surface area contributed by atoms with E-state index in [1.165, 1.54) is 0 Å². The molecule has 0 radical (unpaired) electrons. The molecule has 3 heterocycles. The van der Waals surface area contributed by atoms with Gasteiger partial charge >= 0.3 is 6.18 Å². The van der Waals surface area contributed by atoms with E-state index in [4.69, 9.17) is 4.74 Å². The molecule has 128 valence electrons. The van der Waals surface area contributed by atoms with E-state index in [0.29, 0.717) is 44.8 Å². The van der Waals surface area contributed by atoms with Crippen molar-refractivity contribution in [2.75, 3.05) is 26.3 Å². The van der Waals surface area contributed by atoms with E-state index in [9.17, 15) is 18.3 Å². The second-order valence-electron chi connectivity index (χ2n) is 6.23. The lowest BCUT2D eigenvalue weighted by molar-refractivity contribution is -0.141. The van der Waals surface area contributed by atoms with E-state index in [-0.39, 0.29) is 17.8 Å². The lowest BCUT2D eigenvalue weighted by Crippen LogP contribution is -2.46. The van der Waals surface area contributed by atoms with Crippen LogP contribution in [0.5, 0.6) is 0 Å². The Morgan fingerprint density at radius 1 is 1.22 bits per heavy atom. The highest BCUT2D eigenvalue weighted by atomic mass is 19.4. The van der Waals surface area contributed by atoms with Gasteiger partial charge in [0.2, 0.25) is 0 Å². The van der Waals surface area contributed by atoms with Crippen molar-refractivity contribution >= 4 is 0 Å². The van der Waals surface area contributed by atoms with Crippen molar-refractivity contribution in [3.8, 4) is 0 Å². The minimum atomic E-state index is -4.45. The van der Waals surface area contributed by atoms with Gasteiger partial charge in [-0.1, -0.05) is 0 Å². The van der Waals surface area contributed by atoms with Gasteiger partial charge in [-0.25, -0.2) is 9.97 Å². The summed E-state index contributed by atoms with van der Waals surface area (Å²) in [6.07, 6.45) is -3.57. The summed E-state index contributed by atoms with van der Waals surface area (Å²) in [4.78, 5) is 10.1. The van der Waals surface area contributed by atoms with Crippen LogP contribution in [-0.2, 0) is 10.9 Å². The number of aliphatic hydroxyl groups excluding tert-OH is 1. The van der Waals surface area contributed by atoms with E-state index in [0.717, 1.165) is 6.07 Å². The van der Waals surface area contributed by atoms with Crippen LogP contribution in [0.3, 0.4) is 0 Å². The molecule has 3 rings (SSSR count). The summed E-state index contributed by atoms with van der Waals surface area (Å²) in [5, 5.41) is 9.87. The zero-order valence-corrected chi connectivity index (χ0v) is 12.9. The zero-order valence-electron chi connectivity index (χ0n) is 12.9. The number of ether oxygens (including phenoxy) is 1. The van der Waals surface area contributed by atoms with Crippen molar-refractivity contribution in [2.45, 2.75) is 44.0 Å². The maximum Gasteiger partial charge on any atom is 0.433 e. The van der Waals surface area contributed by atoms with Crippen LogP contribution in [0, 0.1) is 6.92 Å². The minimum absolute atomic E-state index is 0.0138. The van der Waals surface area contributed by atoms with Crippen molar-refractivity contribution < 1.29 is 23.0 Å². The molecule has 5 nitrogen and oxygen atoms in total. The van der Waals surface area contributed by atoms with Gasteiger partial charge in [0.05, 0.1) is 25.4 Å². The third-order valence-corrected chi connectivity index (χ3v) is 4.55. The van der Waals surface area contributed by atoms with Gasteiger partial charge in [-0.3, -0.25) is 4.90 Å². The summed E-state index contributed by atoms with van der Waals surface area (Å²) in [6, 6.07) is 0.963. The number of alkyl halides is 3. The second-order valence-corrected chi connectivity index (χ2v) is 6.23. The van der Waals surface area contributed by atoms with Gasteiger partial charge in [-0.2, -0.15) is 13.2 Å². The van der Waals surface area contributed by atoms with Gasteiger partial charge in [0.25, 0.3) is 0 Å². The standard InChI is InChI=1S/C15H20F3N3O2/c1-9-6-13(15(16,17)18)20-14(19-9)10-2-4-21(5-3-10)11-7-23-8-12(11)22/h6,10-12,22H,2-5,7-8H2,1H3/t11-,12-/m0/s1. The summed E-state index contributed by atoms with van der Waals surface area (Å²) in [7, 11) is 0. The molecule has 1 aromatic rings. The SMILES string of the molecule is Cc1cc(C(F)(F)F)nc(C2CCN([C@H]3COC[C@@H]3O)CC2)n1. The molecule has 2 aliphatic heterocycles. The Hall–Kier alpha value is -1.25. The number of hydrogen-bond acceptors (Lipinski definition) is 5. The number of aromatic nitrogens is 2. The van der Waals surface area contributed by atoms with Crippen LogP contribution in [0.4, 0.5) is 13.2 Å². The van der Waals surface area contributed by atoms with Crippen molar-refractivity contribution in [3.63, 3.8) is 0 Å². The van der Waals surface area contributed by atoms with Crippen molar-refractivity contribution in [1.29, 1.82) is 0 Å². The number of hydrogen-bond donors (Lipinski definition) is 1. The molecule has 0 spiro atoms. The van der Waals surface area contributed by atoms with Crippen LogP contribution in [0.1, 0.15) is 36.0 Å². The fourth-order valence-electron chi connectivity index (χ4n) is 3.29. The maximum atomic E-state index is 12.9. The highest BCUT2D eigenvalue weighted by Gasteiger charge is 2.36. The summed E-state index contributed by atoms with van der Waals surface area (Å²) in [5.74, 6) is 0.201. The van der Waals surface area contributed by atoms with Gasteiger partial charge in [0.15, 0.2) is 0 Å². The third kappa shape index (κ3) is 3.64. The van der Waals surface area contributed by atoms with Crippen LogP contribution in [0.25, 0.3) is 0 Å². The Morgan fingerprint density at radius 2 is 1.91 bits per heavy atom. The maximum absolute atomic E-state index is 12.9. The third-order valence-electron chi connectivity index (χ3n) is 4.55. The Kier molecular flexibility index (Phi) is 4.57. The van der Waals surface area contributed by atoms with Crippen LogP contribution in [0.15, 0.2) is 6.07 Å². The average molecular weight is 331 g/mol. The predicted octanol–water partition coefficient (Wildman–Crippen LogP) is 1.74. The van der Waals surface area contributed by atoms with Crippen molar-refractivity contribution in [1.82, 2.24) is 14.9 Å². The number of rotatable bonds is 2. The Balaban J connectivity index is 1.69. The molecule has 0 bridgehead atoms. The first-order valence-electron chi connectivity index (χ1n) is 7.77. The number of halogens is 3. The number of nitrogens with zero attached hydrogens (tertiary/aromatic N) is 3. The van der Waals surface area contributed by atoms with Crippen molar-refractivity contribution in [3.05, 3.63) is 23.3 Å². The lowest BCUT2D eigenvalue weighted by atomic mass is 9.94. The van der Waals surface area contributed by atoms with Crippen LogP contribution < -0.4 is 0 Å². The van der Waals surface area contributed by atoms with E-state index in [2.05, 4.69) is 14.9 Å². The normalized spacial score (nSPS) is 27.5. The summed E-state index contributed by atoms with van der Waals surface area (Å²) >= 11 is 0. The van der Waals surface area contributed by atoms with Gasteiger partial charge < -0.3 is 9.84 Å². The number of piperidine rings is 1. The van der Waals surface area contributed by atoms with E-state index >= 15 is 0 Å². The van der Waals surface area contributed by atoms with Crippen LogP contribution >= 0.6 is 0 Å². The minimum Gasteiger partial charge on any atom is -0.389 e. The Bertz CT molecular complexity index is 559. The predicted molar refractivity (Wildman–Crippen MR) is 75.9 cm³/mol. The van der Waals surface area contributed by atoms with Crippen LogP contribution in [-0.4, -0.2) is 58.4 Å². The molecule has 23 heavy (non-hydrogen) atoms. The largest absolute Gasteiger partial charge is 0.433 e. The fourth-order valence-corrected chi connectivity index (χ4v) is 3.29. The molecular formula is C15H20F3N3O2. The van der Waals surface area contributed by atoms with E-state index in [1.54, 1.807) is 6.92 Å². The molecule has 0 unspecified atom stereocenters. The number of likely N-dealkylation sites (tertiary alicyclic amines) is 1. The highest BCUT2D eigenvalue weighted by Crippen LogP contribution is 2.32. The summed E-state index contributed by atoms with van der Waals surface area (Å²) in [6.45, 7) is 3.82. The molecule has 0 aromatic carbocycles. The Labute approximate surface area is 132 Å². The van der Waals surface area contributed by atoms with Crippen LogP contribution in [0.2, 0.25) is 0 Å². The topological polar surface area (TPSA) is 58.5 Å².